The normalized spacial score (nSPS) is 10.1. The fraction of sp³-hybridized carbons (Fsp3) is 0.571. The summed E-state index contributed by atoms with van der Waals surface area (Å²) >= 11 is 0. The number of hydrogen-bond acceptors (Lipinski definition) is 1. The highest BCUT2D eigenvalue weighted by Gasteiger charge is 1.69. The molecule has 0 aliphatic rings. The molecule has 0 aromatic heterocycles. The third-order valence-electron chi connectivity index (χ3n) is 0.857. The van der Waals surface area contributed by atoms with Crippen LogP contribution < -0.4 is 0 Å². The van der Waals surface area contributed by atoms with Crippen molar-refractivity contribution in [1.82, 2.24) is 0 Å². The minimum atomic E-state index is 0.764. The maximum Gasteiger partial charge on any atom is 0.0563 e. The molecule has 0 aromatic carbocycles. The Labute approximate surface area is 51.1 Å². The van der Waals surface area contributed by atoms with Crippen molar-refractivity contribution in [1.29, 1.82) is 0 Å². The van der Waals surface area contributed by atoms with E-state index in [1.165, 1.54) is 6.42 Å². The first-order valence-corrected chi connectivity index (χ1v) is 2.99. The summed E-state index contributed by atoms with van der Waals surface area (Å²) in [4.78, 5) is 3.67. The van der Waals surface area contributed by atoms with Gasteiger partial charge >= 0.3 is 0 Å². The van der Waals surface area contributed by atoms with Crippen LogP contribution in [0.25, 0.3) is 0 Å². The molecule has 0 bridgehead atoms. The van der Waals surface area contributed by atoms with Gasteiger partial charge in [0.15, 0.2) is 0 Å². The first-order valence-electron chi connectivity index (χ1n) is 2.99. The Morgan fingerprint density at radius 3 is 2.75 bits per heavy atom. The van der Waals surface area contributed by atoms with Crippen molar-refractivity contribution in [3.05, 3.63) is 12.2 Å². The lowest BCUT2D eigenvalue weighted by Gasteiger charge is -1.81. The van der Waals surface area contributed by atoms with Crippen molar-refractivity contribution in [3.63, 3.8) is 0 Å². The molecule has 0 heterocycles. The van der Waals surface area contributed by atoms with E-state index in [1.807, 2.05) is 6.08 Å². The minimum Gasteiger partial charge on any atom is -0.297 e. The minimum absolute atomic E-state index is 0.764. The first kappa shape index (κ1) is 7.41. The summed E-state index contributed by atoms with van der Waals surface area (Å²) in [7, 11) is 0. The monoisotopic (exact) mass is 111 g/mol. The van der Waals surface area contributed by atoms with Crippen LogP contribution in [0, 0.1) is 0 Å². The molecular weight excluding hydrogens is 98.1 g/mol. The van der Waals surface area contributed by atoms with Crippen LogP contribution in [0.2, 0.25) is 0 Å². The van der Waals surface area contributed by atoms with Crippen LogP contribution in [0.3, 0.4) is 0 Å². The molecule has 0 atom stereocenters. The predicted octanol–water partition coefficient (Wildman–Crippen LogP) is 2.04. The van der Waals surface area contributed by atoms with Crippen LogP contribution in [0.15, 0.2) is 17.1 Å². The van der Waals surface area contributed by atoms with Gasteiger partial charge in [0.1, 0.15) is 0 Å². The molecular formula is C7H13N. The number of nitrogens with zero attached hydrogens (tertiary/aromatic N) is 1. The van der Waals surface area contributed by atoms with Crippen molar-refractivity contribution in [2.75, 3.05) is 6.54 Å². The standard InChI is InChI=1S/C7H13N/c1-3-4-5-6-7-8-2/h5-6H,2-4,7H2,1H3/b6-5-. The van der Waals surface area contributed by atoms with E-state index in [2.05, 4.69) is 24.7 Å². The topological polar surface area (TPSA) is 12.4 Å². The highest BCUT2D eigenvalue weighted by Crippen LogP contribution is 1.87. The van der Waals surface area contributed by atoms with Gasteiger partial charge in [0.25, 0.3) is 0 Å². The summed E-state index contributed by atoms with van der Waals surface area (Å²) in [5, 5.41) is 0. The van der Waals surface area contributed by atoms with E-state index in [-0.39, 0.29) is 0 Å². The van der Waals surface area contributed by atoms with Gasteiger partial charge in [0.2, 0.25) is 0 Å². The van der Waals surface area contributed by atoms with Gasteiger partial charge < -0.3 is 0 Å². The molecule has 1 nitrogen and oxygen atoms in total. The fourth-order valence-electron chi connectivity index (χ4n) is 0.434. The molecule has 0 saturated carbocycles. The Morgan fingerprint density at radius 1 is 1.50 bits per heavy atom. The van der Waals surface area contributed by atoms with Crippen molar-refractivity contribution < 1.29 is 0 Å². The zero-order chi connectivity index (χ0) is 6.24. The van der Waals surface area contributed by atoms with Crippen molar-refractivity contribution in [2.24, 2.45) is 4.99 Å². The number of rotatable bonds is 4. The fourth-order valence-corrected chi connectivity index (χ4v) is 0.434. The lowest BCUT2D eigenvalue weighted by Crippen LogP contribution is -1.67. The Morgan fingerprint density at radius 2 is 2.25 bits per heavy atom. The molecule has 0 aliphatic carbocycles. The van der Waals surface area contributed by atoms with Gasteiger partial charge in [-0.05, 0) is 13.1 Å². The summed E-state index contributed by atoms with van der Waals surface area (Å²) in [6, 6.07) is 0. The lowest BCUT2D eigenvalue weighted by atomic mass is 10.3. The number of aliphatic imine (C=N–C) groups is 1. The van der Waals surface area contributed by atoms with Gasteiger partial charge in [-0.25, -0.2) is 0 Å². The first-order chi connectivity index (χ1) is 3.91. The largest absolute Gasteiger partial charge is 0.297 e. The molecule has 1 heteroatoms. The average molecular weight is 111 g/mol. The Bertz CT molecular complexity index is 74.5. The highest BCUT2D eigenvalue weighted by molar-refractivity contribution is 5.23. The maximum absolute atomic E-state index is 3.67. The summed E-state index contributed by atoms with van der Waals surface area (Å²) in [6.45, 7) is 6.28. The molecule has 0 N–H and O–H groups in total. The third-order valence-corrected chi connectivity index (χ3v) is 0.857. The zero-order valence-corrected chi connectivity index (χ0v) is 5.43. The van der Waals surface area contributed by atoms with E-state index in [0.29, 0.717) is 0 Å². The predicted molar refractivity (Wildman–Crippen MR) is 38.5 cm³/mol. The van der Waals surface area contributed by atoms with Crippen LogP contribution in [0.4, 0.5) is 0 Å². The molecule has 0 unspecified atom stereocenters. The molecule has 0 rings (SSSR count). The molecule has 0 amide bonds. The van der Waals surface area contributed by atoms with Gasteiger partial charge in [-0.2, -0.15) is 0 Å². The molecule has 0 spiro atoms. The maximum atomic E-state index is 3.67. The van der Waals surface area contributed by atoms with E-state index in [9.17, 15) is 0 Å². The number of allylic oxidation sites excluding steroid dienone is 1. The van der Waals surface area contributed by atoms with E-state index >= 15 is 0 Å². The third kappa shape index (κ3) is 5.41. The second-order valence-corrected chi connectivity index (χ2v) is 1.67. The van der Waals surface area contributed by atoms with Crippen LogP contribution in [0.5, 0.6) is 0 Å². The second kappa shape index (κ2) is 6.41. The molecule has 0 saturated heterocycles. The number of unbranched alkanes of at least 4 members (excludes halogenated alkanes) is 1. The summed E-state index contributed by atoms with van der Waals surface area (Å²) < 4.78 is 0. The molecule has 46 valence electrons. The summed E-state index contributed by atoms with van der Waals surface area (Å²) in [5.41, 5.74) is 0. The molecule has 8 heavy (non-hydrogen) atoms. The Hall–Kier alpha value is -0.590. The molecule has 0 aliphatic heterocycles. The SMILES string of the molecule is C=NC/C=C\CCC. The summed E-state index contributed by atoms with van der Waals surface area (Å²) in [6.07, 6.45) is 6.55. The highest BCUT2D eigenvalue weighted by atomic mass is 14.6. The van der Waals surface area contributed by atoms with Crippen LogP contribution in [-0.2, 0) is 0 Å². The van der Waals surface area contributed by atoms with Gasteiger partial charge in [-0.3, -0.25) is 4.99 Å². The van der Waals surface area contributed by atoms with Gasteiger partial charge in [-0.15, -0.1) is 0 Å². The molecule has 0 radical (unpaired) electrons. The smallest absolute Gasteiger partial charge is 0.0563 e. The van der Waals surface area contributed by atoms with Gasteiger partial charge in [0.05, 0.1) is 6.54 Å². The number of hydrogen-bond donors (Lipinski definition) is 0. The molecule has 0 fully saturated rings. The quantitative estimate of drug-likeness (QED) is 0.389. The summed E-state index contributed by atoms with van der Waals surface area (Å²) in [5.74, 6) is 0. The van der Waals surface area contributed by atoms with E-state index in [1.54, 1.807) is 0 Å². The van der Waals surface area contributed by atoms with Gasteiger partial charge in [-0.1, -0.05) is 25.5 Å². The molecule has 0 aromatic rings. The van der Waals surface area contributed by atoms with E-state index in [0.717, 1.165) is 13.0 Å². The van der Waals surface area contributed by atoms with Crippen LogP contribution in [0.1, 0.15) is 19.8 Å². The van der Waals surface area contributed by atoms with Crippen LogP contribution >= 0.6 is 0 Å². The Kier molecular flexibility index (Phi) is 5.94. The van der Waals surface area contributed by atoms with E-state index < -0.39 is 0 Å². The van der Waals surface area contributed by atoms with E-state index in [4.69, 9.17) is 0 Å². The van der Waals surface area contributed by atoms with Crippen molar-refractivity contribution in [2.45, 2.75) is 19.8 Å². The average Bonchev–Trinajstić information content (AvgIpc) is 1.81. The Balaban J connectivity index is 2.94. The van der Waals surface area contributed by atoms with Crippen molar-refractivity contribution >= 4 is 6.72 Å². The van der Waals surface area contributed by atoms with Gasteiger partial charge in [0, 0.05) is 0 Å². The second-order valence-electron chi connectivity index (χ2n) is 1.67. The van der Waals surface area contributed by atoms with Crippen LogP contribution in [-0.4, -0.2) is 13.3 Å². The zero-order valence-electron chi connectivity index (χ0n) is 5.43. The lowest BCUT2D eigenvalue weighted by molar-refractivity contribution is 0.954. The van der Waals surface area contributed by atoms with Crippen molar-refractivity contribution in [3.8, 4) is 0 Å².